The lowest BCUT2D eigenvalue weighted by molar-refractivity contribution is -0.605. The van der Waals surface area contributed by atoms with Crippen LogP contribution in [0.2, 0.25) is 0 Å². The Labute approximate surface area is 195 Å². The predicted octanol–water partition coefficient (Wildman–Crippen LogP) is 2.78. The lowest BCUT2D eigenvalue weighted by atomic mass is 9.97. The van der Waals surface area contributed by atoms with Crippen LogP contribution in [0.4, 0.5) is 16.4 Å². The van der Waals surface area contributed by atoms with Crippen LogP contribution < -0.4 is 14.9 Å². The summed E-state index contributed by atoms with van der Waals surface area (Å²) >= 11 is 0. The van der Waals surface area contributed by atoms with Gasteiger partial charge in [-0.3, -0.25) is 0 Å². The highest BCUT2D eigenvalue weighted by Crippen LogP contribution is 2.22. The average Bonchev–Trinajstić information content (AvgIpc) is 2.74. The molecule has 0 unspecified atom stereocenters. The minimum Gasteiger partial charge on any atom is -0.619 e. The quantitative estimate of drug-likeness (QED) is 0.363. The van der Waals surface area contributed by atoms with Gasteiger partial charge >= 0.3 is 6.16 Å². The fourth-order valence-corrected chi connectivity index (χ4v) is 3.67. The molecule has 1 fully saturated rings. The van der Waals surface area contributed by atoms with E-state index in [1.807, 2.05) is 40.0 Å². The third-order valence-corrected chi connectivity index (χ3v) is 5.30. The van der Waals surface area contributed by atoms with Crippen LogP contribution in [0.3, 0.4) is 0 Å². The number of hydrogen-bond donors (Lipinski definition) is 1. The van der Waals surface area contributed by atoms with Crippen LogP contribution in [-0.2, 0) is 16.0 Å². The summed E-state index contributed by atoms with van der Waals surface area (Å²) in [6.07, 6.45) is 6.51. The van der Waals surface area contributed by atoms with Crippen LogP contribution in [0.5, 0.6) is 0 Å². The number of hydroxylamine groups is 2. The summed E-state index contributed by atoms with van der Waals surface area (Å²) in [5, 5.41) is 16.3. The van der Waals surface area contributed by atoms with E-state index in [1.54, 1.807) is 23.7 Å². The minimum absolute atomic E-state index is 0.469. The molecule has 33 heavy (non-hydrogen) atoms. The molecule has 1 aliphatic rings. The van der Waals surface area contributed by atoms with Crippen LogP contribution in [0, 0.1) is 11.1 Å². The van der Waals surface area contributed by atoms with Crippen LogP contribution in [0.25, 0.3) is 0 Å². The second-order valence-electron chi connectivity index (χ2n) is 9.32. The van der Waals surface area contributed by atoms with Gasteiger partial charge in [-0.05, 0) is 52.0 Å². The molecule has 180 valence electrons. The fourth-order valence-electron chi connectivity index (χ4n) is 3.67. The molecule has 0 aromatic carbocycles. The fraction of sp³-hybridized carbons (Fsp3) is 0.565. The Kier molecular flexibility index (Phi) is 8.26. The Hall–Kier alpha value is -3.14. The van der Waals surface area contributed by atoms with Gasteiger partial charge in [-0.1, -0.05) is 0 Å². The smallest absolute Gasteiger partial charge is 0.528 e. The van der Waals surface area contributed by atoms with Crippen molar-refractivity contribution in [3.05, 3.63) is 47.7 Å². The molecule has 0 saturated carbocycles. The first-order valence-electron chi connectivity index (χ1n) is 11.3. The maximum absolute atomic E-state index is 11.8. The number of ether oxygens (including phenoxy) is 1. The van der Waals surface area contributed by atoms with Gasteiger partial charge in [0.1, 0.15) is 23.6 Å². The summed E-state index contributed by atoms with van der Waals surface area (Å²) in [7, 11) is 2.02. The van der Waals surface area contributed by atoms with Gasteiger partial charge in [0.25, 0.3) is 0 Å². The van der Waals surface area contributed by atoms with E-state index in [4.69, 9.17) is 9.57 Å². The molecule has 3 rings (SSSR count). The van der Waals surface area contributed by atoms with Crippen LogP contribution >= 0.6 is 0 Å². The molecule has 0 radical (unpaired) electrons. The summed E-state index contributed by atoms with van der Waals surface area (Å²) in [6, 6.07) is 5.60. The number of aromatic nitrogens is 3. The highest BCUT2D eigenvalue weighted by molar-refractivity contribution is 5.60. The molecule has 0 atom stereocenters. The first-order valence-corrected chi connectivity index (χ1v) is 11.3. The highest BCUT2D eigenvalue weighted by Gasteiger charge is 2.26. The number of rotatable bonds is 8. The second kappa shape index (κ2) is 11.1. The summed E-state index contributed by atoms with van der Waals surface area (Å²) in [4.78, 5) is 28.0. The Morgan fingerprint density at radius 1 is 1.33 bits per heavy atom. The van der Waals surface area contributed by atoms with Crippen molar-refractivity contribution in [2.24, 2.45) is 5.92 Å². The molecule has 1 N–H and O–H groups in total. The van der Waals surface area contributed by atoms with Gasteiger partial charge in [-0.2, -0.15) is 4.73 Å². The highest BCUT2D eigenvalue weighted by atomic mass is 16.8. The summed E-state index contributed by atoms with van der Waals surface area (Å²) < 4.78 is 6.02. The number of hydrogen-bond acceptors (Lipinski definition) is 9. The van der Waals surface area contributed by atoms with Crippen LogP contribution in [0.1, 0.15) is 39.2 Å². The molecule has 3 heterocycles. The molecule has 1 saturated heterocycles. The molecular weight excluding hydrogens is 424 g/mol. The molecule has 0 bridgehead atoms. The van der Waals surface area contributed by atoms with E-state index in [0.717, 1.165) is 47.7 Å². The Bertz CT molecular complexity index is 912. The van der Waals surface area contributed by atoms with Crippen molar-refractivity contribution in [2.45, 2.75) is 45.6 Å². The number of pyridine rings is 1. The summed E-state index contributed by atoms with van der Waals surface area (Å²) in [5.74, 6) is 2.06. The molecule has 2 aromatic rings. The van der Waals surface area contributed by atoms with Crippen molar-refractivity contribution in [1.82, 2.24) is 15.0 Å². The molecule has 1 aliphatic heterocycles. The van der Waals surface area contributed by atoms with E-state index >= 15 is 0 Å². The van der Waals surface area contributed by atoms with Gasteiger partial charge in [0, 0.05) is 50.9 Å². The molecule has 10 nitrogen and oxygen atoms in total. The predicted molar refractivity (Wildman–Crippen MR) is 125 cm³/mol. The van der Waals surface area contributed by atoms with Crippen molar-refractivity contribution in [2.75, 3.05) is 43.4 Å². The Balaban J connectivity index is 1.42. The van der Waals surface area contributed by atoms with Crippen molar-refractivity contribution in [1.29, 1.82) is 0 Å². The van der Waals surface area contributed by atoms with E-state index in [2.05, 4.69) is 20.2 Å². The maximum atomic E-state index is 11.8. The third-order valence-electron chi connectivity index (χ3n) is 5.30. The molecular formula is C23H34N6O4. The van der Waals surface area contributed by atoms with Crippen molar-refractivity contribution >= 4 is 17.8 Å². The standard InChI is InChI=1S/C23H34N6O4/c1-23(2,3)32-22(30)33-29-12-8-19(9-13-29)15-27(4)21-14-20(25-17-26-21)24-10-7-18-6-5-11-28(31)16-18/h5-6,11,14,16-17,19H,7-10,12-13,15H2,1-4H3,(H,24,25,26). The van der Waals surface area contributed by atoms with Crippen molar-refractivity contribution in [3.63, 3.8) is 0 Å². The van der Waals surface area contributed by atoms with Gasteiger partial charge < -0.3 is 25.0 Å². The van der Waals surface area contributed by atoms with Crippen LogP contribution in [0.15, 0.2) is 36.9 Å². The van der Waals surface area contributed by atoms with E-state index in [1.165, 1.54) is 6.20 Å². The van der Waals surface area contributed by atoms with E-state index < -0.39 is 11.8 Å². The van der Waals surface area contributed by atoms with Crippen LogP contribution in [-0.4, -0.2) is 60.0 Å². The largest absolute Gasteiger partial charge is 0.619 e. The molecule has 0 spiro atoms. The number of carbonyl (C=O) groups is 1. The maximum Gasteiger partial charge on any atom is 0.528 e. The summed E-state index contributed by atoms with van der Waals surface area (Å²) in [6.45, 7) is 8.32. The number of anilines is 2. The summed E-state index contributed by atoms with van der Waals surface area (Å²) in [5.41, 5.74) is 0.401. The topological polar surface area (TPSA) is 107 Å². The van der Waals surface area contributed by atoms with E-state index in [9.17, 15) is 10.0 Å². The van der Waals surface area contributed by atoms with E-state index in [-0.39, 0.29) is 0 Å². The lowest BCUT2D eigenvalue weighted by Crippen LogP contribution is -2.40. The molecule has 0 aliphatic carbocycles. The van der Waals surface area contributed by atoms with Crippen molar-refractivity contribution in [3.8, 4) is 0 Å². The SMILES string of the molecule is CN(CC1CCN(OC(=O)OC(C)(C)C)CC1)c1cc(NCCc2ccc[n+]([O-])c2)ncn1. The van der Waals surface area contributed by atoms with Gasteiger partial charge in [-0.25, -0.2) is 14.8 Å². The van der Waals surface area contributed by atoms with Crippen molar-refractivity contribution < 1.29 is 19.1 Å². The molecule has 10 heteroatoms. The average molecular weight is 459 g/mol. The lowest BCUT2D eigenvalue weighted by Gasteiger charge is -2.33. The van der Waals surface area contributed by atoms with Gasteiger partial charge in [-0.15, -0.1) is 5.06 Å². The zero-order valence-corrected chi connectivity index (χ0v) is 19.9. The van der Waals surface area contributed by atoms with E-state index in [0.29, 0.717) is 25.6 Å². The van der Waals surface area contributed by atoms with Gasteiger partial charge in [0.2, 0.25) is 0 Å². The number of piperidine rings is 1. The Morgan fingerprint density at radius 3 is 2.79 bits per heavy atom. The zero-order valence-electron chi connectivity index (χ0n) is 19.9. The Morgan fingerprint density at radius 2 is 2.09 bits per heavy atom. The first-order chi connectivity index (χ1) is 15.7. The number of nitrogens with zero attached hydrogens (tertiary/aromatic N) is 5. The zero-order chi connectivity index (χ0) is 23.8. The van der Waals surface area contributed by atoms with Gasteiger partial charge in [0.15, 0.2) is 12.4 Å². The first kappa shape index (κ1) is 24.5. The number of nitrogens with one attached hydrogen (secondary N) is 1. The van der Waals surface area contributed by atoms with Gasteiger partial charge in [0.05, 0.1) is 0 Å². The normalized spacial score (nSPS) is 15.2. The minimum atomic E-state index is -0.654. The second-order valence-corrected chi connectivity index (χ2v) is 9.32. The monoisotopic (exact) mass is 458 g/mol. The number of carbonyl (C=O) groups excluding carboxylic acids is 1. The molecule has 0 amide bonds. The molecule has 2 aromatic heterocycles. The third kappa shape index (κ3) is 8.38.